The fourth-order valence-corrected chi connectivity index (χ4v) is 5.74. The van der Waals surface area contributed by atoms with Gasteiger partial charge in [0.1, 0.15) is 12.8 Å². The van der Waals surface area contributed by atoms with Gasteiger partial charge in [0.05, 0.1) is 17.7 Å². The number of carbonyl (C=O) groups excluding carboxylic acids is 1. The van der Waals surface area contributed by atoms with Crippen molar-refractivity contribution in [2.45, 2.75) is 51.7 Å². The molecule has 1 spiro atoms. The zero-order valence-electron chi connectivity index (χ0n) is 19.8. The fourth-order valence-electron chi connectivity index (χ4n) is 5.58. The molecule has 1 atom stereocenters. The van der Waals surface area contributed by atoms with Crippen molar-refractivity contribution in [1.82, 2.24) is 14.4 Å². The van der Waals surface area contributed by atoms with Crippen LogP contribution in [0, 0.1) is 0 Å². The monoisotopic (exact) mass is 481 g/mol. The van der Waals surface area contributed by atoms with Gasteiger partial charge in [-0.3, -0.25) is 9.69 Å². The summed E-state index contributed by atoms with van der Waals surface area (Å²) in [6.45, 7) is 7.65. The van der Waals surface area contributed by atoms with Crippen LogP contribution in [0.5, 0.6) is 0 Å². The number of likely N-dealkylation sites (N-methyl/N-ethyl adjacent to an activating group) is 1. The lowest BCUT2D eigenvalue weighted by molar-refractivity contribution is -0.131. The number of carbonyl (C=O) groups is 1. The predicted octanol–water partition coefficient (Wildman–Crippen LogP) is 4.68. The van der Waals surface area contributed by atoms with Crippen LogP contribution in [-0.2, 0) is 28.3 Å². The number of nitrogens with zero attached hydrogens (tertiary/aromatic N) is 3. The molecule has 0 radical (unpaired) electrons. The first-order valence-corrected chi connectivity index (χ1v) is 12.5. The van der Waals surface area contributed by atoms with Crippen molar-refractivity contribution in [2.75, 3.05) is 26.2 Å². The number of amides is 1. The quantitative estimate of drug-likeness (QED) is 0.555. The van der Waals surface area contributed by atoms with Gasteiger partial charge in [-0.2, -0.15) is 0 Å². The van der Waals surface area contributed by atoms with Crippen molar-refractivity contribution < 1.29 is 14.6 Å². The van der Waals surface area contributed by atoms with E-state index in [9.17, 15) is 9.90 Å². The first-order valence-electron chi connectivity index (χ1n) is 12.2. The molecule has 0 bridgehead atoms. The van der Waals surface area contributed by atoms with E-state index in [0.717, 1.165) is 42.4 Å². The van der Waals surface area contributed by atoms with Gasteiger partial charge in [0.15, 0.2) is 0 Å². The summed E-state index contributed by atoms with van der Waals surface area (Å²) in [5, 5.41) is 13.0. The van der Waals surface area contributed by atoms with Crippen molar-refractivity contribution >= 4 is 28.4 Å². The summed E-state index contributed by atoms with van der Waals surface area (Å²) in [5.74, 6) is 0.0554. The maximum Gasteiger partial charge on any atom is 0.242 e. The van der Waals surface area contributed by atoms with E-state index in [2.05, 4.69) is 29.2 Å². The van der Waals surface area contributed by atoms with Crippen molar-refractivity contribution in [3.05, 3.63) is 70.4 Å². The van der Waals surface area contributed by atoms with Gasteiger partial charge in [-0.1, -0.05) is 41.9 Å². The van der Waals surface area contributed by atoms with Crippen molar-refractivity contribution in [3.63, 3.8) is 0 Å². The van der Waals surface area contributed by atoms with Crippen LogP contribution < -0.4 is 0 Å². The van der Waals surface area contributed by atoms with E-state index >= 15 is 0 Å². The van der Waals surface area contributed by atoms with Crippen LogP contribution in [-0.4, -0.2) is 51.6 Å². The second-order valence-corrected chi connectivity index (χ2v) is 9.73. The first-order chi connectivity index (χ1) is 16.5. The molecule has 0 saturated carbocycles. The molecule has 1 saturated heterocycles. The largest absolute Gasteiger partial charge is 0.374 e. The third-order valence-corrected chi connectivity index (χ3v) is 7.77. The standard InChI is InChI=1S/C27H32ClN3O3/c1-3-29(4-2)25(32)17-31-16-22(21-10-9-20(28)15-24(21)31)26(33)30-13-11-27(12-14-30)23-8-6-5-7-19(23)18-34-27/h5-10,15-16,26,33H,3-4,11-14,17-18H2,1-2H3. The minimum Gasteiger partial charge on any atom is -0.374 e. The molecule has 1 fully saturated rings. The Bertz CT molecular complexity index is 1200. The number of aliphatic hydroxyl groups is 1. The summed E-state index contributed by atoms with van der Waals surface area (Å²) in [6.07, 6.45) is 2.83. The smallest absolute Gasteiger partial charge is 0.242 e. The molecule has 1 unspecified atom stereocenters. The fraction of sp³-hybridized carbons (Fsp3) is 0.444. The normalized spacial score (nSPS) is 18.4. The van der Waals surface area contributed by atoms with Crippen LogP contribution >= 0.6 is 11.6 Å². The minimum atomic E-state index is -0.762. The van der Waals surface area contributed by atoms with Gasteiger partial charge in [-0.05, 0) is 49.9 Å². The predicted molar refractivity (Wildman–Crippen MR) is 134 cm³/mol. The first kappa shape index (κ1) is 23.4. The number of halogens is 1. The van der Waals surface area contributed by atoms with Crippen LogP contribution in [0.3, 0.4) is 0 Å². The molecule has 2 aliphatic rings. The Hall–Kier alpha value is -2.38. The molecule has 2 aliphatic heterocycles. The van der Waals surface area contributed by atoms with Gasteiger partial charge >= 0.3 is 0 Å². The molecule has 7 heteroatoms. The highest BCUT2D eigenvalue weighted by Gasteiger charge is 2.43. The van der Waals surface area contributed by atoms with Crippen LogP contribution in [0.2, 0.25) is 5.02 Å². The zero-order valence-corrected chi connectivity index (χ0v) is 20.6. The summed E-state index contributed by atoms with van der Waals surface area (Å²) < 4.78 is 8.21. The Morgan fingerprint density at radius 2 is 1.91 bits per heavy atom. The van der Waals surface area contributed by atoms with Crippen molar-refractivity contribution in [2.24, 2.45) is 0 Å². The minimum absolute atomic E-state index is 0.0554. The Balaban J connectivity index is 1.39. The average Bonchev–Trinajstić information content (AvgIpc) is 3.38. The molecule has 0 aliphatic carbocycles. The van der Waals surface area contributed by atoms with Crippen molar-refractivity contribution in [3.8, 4) is 0 Å². The van der Waals surface area contributed by atoms with Gasteiger partial charge in [-0.25, -0.2) is 0 Å². The lowest BCUT2D eigenvalue weighted by Gasteiger charge is -2.41. The Labute approximate surface area is 205 Å². The summed E-state index contributed by atoms with van der Waals surface area (Å²) in [5.41, 5.74) is 4.00. The maximum atomic E-state index is 12.8. The van der Waals surface area contributed by atoms with Gasteiger partial charge < -0.3 is 19.3 Å². The summed E-state index contributed by atoms with van der Waals surface area (Å²) in [6, 6.07) is 14.1. The molecule has 180 valence electrons. The topological polar surface area (TPSA) is 57.9 Å². The van der Waals surface area contributed by atoms with Crippen LogP contribution in [0.25, 0.3) is 10.9 Å². The average molecular weight is 482 g/mol. The number of piperidine rings is 1. The van der Waals surface area contributed by atoms with E-state index < -0.39 is 6.23 Å². The number of rotatable bonds is 6. The second-order valence-electron chi connectivity index (χ2n) is 9.29. The highest BCUT2D eigenvalue weighted by molar-refractivity contribution is 6.31. The zero-order chi connectivity index (χ0) is 23.9. The number of aromatic nitrogens is 1. The van der Waals surface area contributed by atoms with Crippen molar-refractivity contribution in [1.29, 1.82) is 0 Å². The summed E-state index contributed by atoms with van der Waals surface area (Å²) in [7, 11) is 0. The number of hydrogen-bond donors (Lipinski definition) is 1. The lowest BCUT2D eigenvalue weighted by atomic mass is 9.83. The molecule has 3 heterocycles. The van der Waals surface area contributed by atoms with Gasteiger partial charge in [0.25, 0.3) is 0 Å². The van der Waals surface area contributed by atoms with E-state index in [-0.39, 0.29) is 18.1 Å². The number of benzene rings is 2. The lowest BCUT2D eigenvalue weighted by Crippen LogP contribution is -2.44. The summed E-state index contributed by atoms with van der Waals surface area (Å²) >= 11 is 6.30. The molecular weight excluding hydrogens is 450 g/mol. The number of fused-ring (bicyclic) bond motifs is 3. The molecule has 1 N–H and O–H groups in total. The number of aliphatic hydroxyl groups excluding tert-OH is 1. The molecule has 5 rings (SSSR count). The number of likely N-dealkylation sites (tertiary alicyclic amines) is 1. The molecule has 6 nitrogen and oxygen atoms in total. The molecule has 1 aromatic heterocycles. The molecule has 34 heavy (non-hydrogen) atoms. The van der Waals surface area contributed by atoms with Gasteiger partial charge in [0.2, 0.25) is 5.91 Å². The third-order valence-electron chi connectivity index (χ3n) is 7.54. The van der Waals surface area contributed by atoms with E-state index in [1.54, 1.807) is 0 Å². The molecule has 3 aromatic rings. The Morgan fingerprint density at radius 3 is 2.65 bits per heavy atom. The van der Waals surface area contributed by atoms with E-state index in [4.69, 9.17) is 16.3 Å². The highest BCUT2D eigenvalue weighted by atomic mass is 35.5. The van der Waals surface area contributed by atoms with Gasteiger partial charge in [-0.15, -0.1) is 0 Å². The third kappa shape index (κ3) is 4.03. The second kappa shape index (κ2) is 9.34. The number of hydrogen-bond acceptors (Lipinski definition) is 4. The van der Waals surface area contributed by atoms with E-state index in [1.165, 1.54) is 11.1 Å². The maximum absolute atomic E-state index is 12.8. The Kier molecular flexibility index (Phi) is 6.42. The highest BCUT2D eigenvalue weighted by Crippen LogP contribution is 2.45. The van der Waals surface area contributed by atoms with E-state index in [0.29, 0.717) is 24.7 Å². The van der Waals surface area contributed by atoms with Crippen LogP contribution in [0.15, 0.2) is 48.7 Å². The van der Waals surface area contributed by atoms with Gasteiger partial charge in [0, 0.05) is 48.3 Å². The number of ether oxygens (including phenoxy) is 1. The SMILES string of the molecule is CCN(CC)C(=O)Cn1cc(C(O)N2CCC3(CC2)OCc2ccccc23)c2ccc(Cl)cc21. The van der Waals surface area contributed by atoms with Crippen LogP contribution in [0.4, 0.5) is 0 Å². The molecule has 1 amide bonds. The molecule has 2 aromatic carbocycles. The Morgan fingerprint density at radius 1 is 1.18 bits per heavy atom. The molecular formula is C27H32ClN3O3. The van der Waals surface area contributed by atoms with E-state index in [1.807, 2.05) is 47.7 Å². The van der Waals surface area contributed by atoms with Crippen LogP contribution in [0.1, 0.15) is 49.6 Å². The summed E-state index contributed by atoms with van der Waals surface area (Å²) in [4.78, 5) is 16.7.